The highest BCUT2D eigenvalue weighted by molar-refractivity contribution is 6.49. The molecule has 0 aliphatic heterocycles. The van der Waals surface area contributed by atoms with Crippen LogP contribution in [-0.2, 0) is 38.5 Å². The van der Waals surface area contributed by atoms with E-state index >= 15 is 0 Å². The summed E-state index contributed by atoms with van der Waals surface area (Å²) in [5, 5.41) is 18.8. The SMILES string of the molecule is C1=Cc2c3c4c(c5c6c(c7c8c(c9c%10c(c%11c%12c(c(c2c2c%12c%10c8c6c42)C1)C=CC%11)C=CC9)C=CC7)C=CC5)C=CC3. The number of hydrogen-bond acceptors (Lipinski definition) is 0. The Morgan fingerprint density at radius 3 is 0.548 bits per heavy atom. The maximum atomic E-state index is 2.48. The predicted molar refractivity (Wildman–Crippen MR) is 181 cm³/mol. The second-order valence-electron chi connectivity index (χ2n) is 13.5. The van der Waals surface area contributed by atoms with Gasteiger partial charge in [0.05, 0.1) is 0 Å². The van der Waals surface area contributed by atoms with Gasteiger partial charge >= 0.3 is 0 Å². The molecule has 0 N–H and O–H groups in total. The molecule has 0 radical (unpaired) electrons. The second-order valence-corrected chi connectivity index (χ2v) is 13.5. The van der Waals surface area contributed by atoms with Crippen LogP contribution in [0.15, 0.2) is 36.5 Å². The number of allylic oxidation sites excluding steroid dienone is 6. The van der Waals surface area contributed by atoms with E-state index < -0.39 is 0 Å². The molecule has 192 valence electrons. The van der Waals surface area contributed by atoms with Crippen LogP contribution in [0.2, 0.25) is 0 Å². The molecule has 0 fully saturated rings. The lowest BCUT2D eigenvalue weighted by Gasteiger charge is -2.36. The first kappa shape index (κ1) is 20.2. The third-order valence-corrected chi connectivity index (χ3v) is 12.0. The van der Waals surface area contributed by atoms with E-state index in [-0.39, 0.29) is 0 Å². The summed E-state index contributed by atoms with van der Waals surface area (Å²) in [5.41, 5.74) is 18.4. The molecule has 6 aliphatic carbocycles. The highest BCUT2D eigenvalue weighted by Crippen LogP contribution is 2.60. The molecule has 0 nitrogen and oxygen atoms in total. The zero-order valence-electron chi connectivity index (χ0n) is 23.2. The van der Waals surface area contributed by atoms with Gasteiger partial charge in [0.15, 0.2) is 0 Å². The van der Waals surface area contributed by atoms with E-state index in [2.05, 4.69) is 72.9 Å². The molecule has 0 bridgehead atoms. The summed E-state index contributed by atoms with van der Waals surface area (Å²) in [6, 6.07) is 0. The first-order valence-corrected chi connectivity index (χ1v) is 15.8. The first-order chi connectivity index (χ1) is 20.9. The molecule has 13 rings (SSSR count). The molecule has 7 aromatic carbocycles. The van der Waals surface area contributed by atoms with E-state index in [0.29, 0.717) is 0 Å². The topological polar surface area (TPSA) is 0 Å². The van der Waals surface area contributed by atoms with Gasteiger partial charge in [-0.3, -0.25) is 0 Å². The van der Waals surface area contributed by atoms with Gasteiger partial charge in [0.25, 0.3) is 0 Å². The van der Waals surface area contributed by atoms with Gasteiger partial charge in [-0.05, 0) is 170 Å². The quantitative estimate of drug-likeness (QED) is 0.136. The van der Waals surface area contributed by atoms with Gasteiger partial charge in [-0.15, -0.1) is 0 Å². The van der Waals surface area contributed by atoms with Crippen LogP contribution in [0.5, 0.6) is 0 Å². The van der Waals surface area contributed by atoms with E-state index in [4.69, 9.17) is 0 Å². The average molecular weight is 529 g/mol. The second kappa shape index (κ2) is 6.22. The van der Waals surface area contributed by atoms with Crippen LogP contribution in [-0.4, -0.2) is 0 Å². The highest BCUT2D eigenvalue weighted by Gasteiger charge is 2.36. The van der Waals surface area contributed by atoms with Crippen LogP contribution < -0.4 is 0 Å². The van der Waals surface area contributed by atoms with Crippen molar-refractivity contribution in [2.75, 3.05) is 0 Å². The van der Waals surface area contributed by atoms with Gasteiger partial charge in [0.1, 0.15) is 0 Å². The molecule has 42 heavy (non-hydrogen) atoms. The number of benzene rings is 7. The Kier molecular flexibility index (Phi) is 3.00. The maximum absolute atomic E-state index is 2.48. The summed E-state index contributed by atoms with van der Waals surface area (Å²) in [6.07, 6.45) is 35.8. The minimum atomic E-state index is 1.03. The van der Waals surface area contributed by atoms with E-state index in [0.717, 1.165) is 38.5 Å². The molecule has 0 atom stereocenters. The Morgan fingerprint density at radius 1 is 0.214 bits per heavy atom. The largest absolute Gasteiger partial charge is 0.0795 e. The van der Waals surface area contributed by atoms with Crippen molar-refractivity contribution in [1.29, 1.82) is 0 Å². The lowest BCUT2D eigenvalue weighted by Crippen LogP contribution is -2.14. The molecule has 0 unspecified atom stereocenters. The monoisotopic (exact) mass is 528 g/mol. The van der Waals surface area contributed by atoms with E-state index in [1.54, 1.807) is 98.0 Å². The van der Waals surface area contributed by atoms with E-state index in [1.165, 1.54) is 33.4 Å². The lowest BCUT2D eigenvalue weighted by molar-refractivity contribution is 1.20. The number of fused-ring (bicyclic) bond motifs is 6. The van der Waals surface area contributed by atoms with Crippen molar-refractivity contribution in [2.45, 2.75) is 38.5 Å². The van der Waals surface area contributed by atoms with Crippen LogP contribution in [0.3, 0.4) is 0 Å². The van der Waals surface area contributed by atoms with Crippen LogP contribution in [0.4, 0.5) is 0 Å². The van der Waals surface area contributed by atoms with Crippen molar-refractivity contribution in [2.24, 2.45) is 0 Å². The summed E-state index contributed by atoms with van der Waals surface area (Å²) >= 11 is 0. The first-order valence-electron chi connectivity index (χ1n) is 15.8. The third kappa shape index (κ3) is 1.82. The predicted octanol–water partition coefficient (Wildman–Crippen LogP) is 10.3. The fourth-order valence-electron chi connectivity index (χ4n) is 10.8. The Hall–Kier alpha value is -4.68. The minimum absolute atomic E-state index is 1.03. The van der Waals surface area contributed by atoms with Crippen molar-refractivity contribution in [3.05, 3.63) is 103 Å². The highest BCUT2D eigenvalue weighted by atomic mass is 14.4. The van der Waals surface area contributed by atoms with Crippen molar-refractivity contribution in [3.8, 4) is 0 Å². The van der Waals surface area contributed by atoms with E-state index in [9.17, 15) is 0 Å². The van der Waals surface area contributed by atoms with Gasteiger partial charge in [0.2, 0.25) is 0 Å². The van der Waals surface area contributed by atoms with E-state index in [1.807, 2.05) is 0 Å². The Labute approximate surface area is 242 Å². The van der Waals surface area contributed by atoms with Gasteiger partial charge in [-0.2, -0.15) is 0 Å². The van der Waals surface area contributed by atoms with Gasteiger partial charge in [-0.1, -0.05) is 72.9 Å². The Bertz CT molecular complexity index is 2220. The van der Waals surface area contributed by atoms with Gasteiger partial charge < -0.3 is 0 Å². The third-order valence-electron chi connectivity index (χ3n) is 12.0. The van der Waals surface area contributed by atoms with Gasteiger partial charge in [0, 0.05) is 0 Å². The summed E-state index contributed by atoms with van der Waals surface area (Å²) in [7, 11) is 0. The number of rotatable bonds is 0. The van der Waals surface area contributed by atoms with Crippen molar-refractivity contribution in [1.82, 2.24) is 0 Å². The Balaban J connectivity index is 1.54. The molecule has 0 aromatic heterocycles. The molecular weight excluding hydrogens is 504 g/mol. The summed E-state index contributed by atoms with van der Waals surface area (Å²) in [4.78, 5) is 0. The van der Waals surface area contributed by atoms with Crippen LogP contribution in [0.25, 0.3) is 101 Å². The Morgan fingerprint density at radius 2 is 0.381 bits per heavy atom. The van der Waals surface area contributed by atoms with Crippen molar-refractivity contribution >= 4 is 101 Å². The summed E-state index contributed by atoms with van der Waals surface area (Å²) in [5.74, 6) is 0. The molecule has 0 saturated carbocycles. The van der Waals surface area contributed by atoms with Crippen LogP contribution in [0.1, 0.15) is 66.8 Å². The molecule has 0 saturated heterocycles. The normalized spacial score (nSPS) is 18.3. The average Bonchev–Trinajstić information content (AvgIpc) is 3.06. The molecule has 0 heteroatoms. The number of hydrogen-bond donors (Lipinski definition) is 0. The molecule has 0 amide bonds. The summed E-state index contributed by atoms with van der Waals surface area (Å²) in [6.45, 7) is 0. The zero-order chi connectivity index (χ0) is 26.6. The fraction of sp³-hybridized carbons (Fsp3) is 0.143. The van der Waals surface area contributed by atoms with Crippen LogP contribution >= 0.6 is 0 Å². The molecular formula is C42H24. The van der Waals surface area contributed by atoms with Crippen molar-refractivity contribution < 1.29 is 0 Å². The van der Waals surface area contributed by atoms with Crippen molar-refractivity contribution in [3.63, 3.8) is 0 Å². The molecule has 7 aromatic rings. The fourth-order valence-corrected chi connectivity index (χ4v) is 10.8. The zero-order valence-corrected chi connectivity index (χ0v) is 23.2. The molecule has 0 spiro atoms. The van der Waals surface area contributed by atoms with Gasteiger partial charge in [-0.25, -0.2) is 0 Å². The lowest BCUT2D eigenvalue weighted by atomic mass is 9.67. The maximum Gasteiger partial charge on any atom is -0.000397 e. The standard InChI is InChI=1S/C42H24/c1-7-19-21-9-2-11-23-25-13-4-15-27-29-17-6-18-30-28-16-5-14-26-24-12-3-10-22-20(8-1)31(19)37-38(32(21)23)40(34(25)27)42(36(29)30)41(35(26)28)39(37)33(22)24/h1-7,10-11,14-15,18H,8-9,12-13,16-17H2. The summed E-state index contributed by atoms with van der Waals surface area (Å²) < 4.78 is 0. The molecule has 0 heterocycles. The minimum Gasteiger partial charge on any atom is -0.0795 e. The van der Waals surface area contributed by atoms with Crippen LogP contribution in [0, 0.1) is 0 Å². The smallest absolute Gasteiger partial charge is 0.000397 e. The molecule has 6 aliphatic rings.